The van der Waals surface area contributed by atoms with Crippen molar-refractivity contribution in [1.29, 1.82) is 0 Å². The first kappa shape index (κ1) is 17.5. The van der Waals surface area contributed by atoms with Crippen LogP contribution in [0.5, 0.6) is 5.88 Å². The summed E-state index contributed by atoms with van der Waals surface area (Å²) in [4.78, 5) is 0. The van der Waals surface area contributed by atoms with E-state index >= 15 is 0 Å². The van der Waals surface area contributed by atoms with Gasteiger partial charge in [-0.05, 0) is 32.8 Å². The predicted molar refractivity (Wildman–Crippen MR) is 91.9 cm³/mol. The molecule has 23 heavy (non-hydrogen) atoms. The number of rotatable bonds is 7. The molecule has 0 spiro atoms. The third kappa shape index (κ3) is 3.93. The molecule has 2 rings (SSSR count). The van der Waals surface area contributed by atoms with Gasteiger partial charge in [0.25, 0.3) is 0 Å². The maximum Gasteiger partial charge on any atom is 0.216 e. The summed E-state index contributed by atoms with van der Waals surface area (Å²) < 4.78 is 9.39. The van der Waals surface area contributed by atoms with Gasteiger partial charge >= 0.3 is 0 Å². The largest absolute Gasteiger partial charge is 0.481 e. The van der Waals surface area contributed by atoms with E-state index in [0.717, 1.165) is 35.9 Å². The van der Waals surface area contributed by atoms with Crippen molar-refractivity contribution in [1.82, 2.24) is 24.9 Å². The van der Waals surface area contributed by atoms with E-state index in [2.05, 4.69) is 54.0 Å². The maximum absolute atomic E-state index is 5.52. The summed E-state index contributed by atoms with van der Waals surface area (Å²) in [6.45, 7) is 12.2. The minimum atomic E-state index is 0.304. The van der Waals surface area contributed by atoms with E-state index in [1.54, 1.807) is 7.11 Å². The highest BCUT2D eigenvalue weighted by Gasteiger charge is 2.19. The van der Waals surface area contributed by atoms with Crippen LogP contribution in [0.4, 0.5) is 0 Å². The molecular formula is C17H29N5O. The van der Waals surface area contributed by atoms with Crippen LogP contribution in [0.1, 0.15) is 49.3 Å². The highest BCUT2D eigenvalue weighted by atomic mass is 16.5. The van der Waals surface area contributed by atoms with E-state index < -0.39 is 0 Å². The third-order valence-electron chi connectivity index (χ3n) is 4.04. The monoisotopic (exact) mass is 319 g/mol. The van der Waals surface area contributed by atoms with Crippen molar-refractivity contribution >= 4 is 0 Å². The van der Waals surface area contributed by atoms with Gasteiger partial charge in [-0.3, -0.25) is 4.68 Å². The van der Waals surface area contributed by atoms with Gasteiger partial charge in [-0.1, -0.05) is 13.8 Å². The maximum atomic E-state index is 5.52. The average molecular weight is 319 g/mol. The number of methoxy groups -OCH3 is 1. The fourth-order valence-corrected chi connectivity index (χ4v) is 2.92. The summed E-state index contributed by atoms with van der Waals surface area (Å²) in [6.07, 6.45) is 0. The Hall–Kier alpha value is -1.82. The molecule has 0 aliphatic carbocycles. The third-order valence-corrected chi connectivity index (χ3v) is 4.04. The van der Waals surface area contributed by atoms with Crippen molar-refractivity contribution in [2.75, 3.05) is 7.11 Å². The van der Waals surface area contributed by atoms with Crippen molar-refractivity contribution in [3.63, 3.8) is 0 Å². The fraction of sp³-hybridized carbons (Fsp3) is 0.647. The Morgan fingerprint density at radius 2 is 1.91 bits per heavy atom. The van der Waals surface area contributed by atoms with Crippen LogP contribution in [0.3, 0.4) is 0 Å². The van der Waals surface area contributed by atoms with Crippen molar-refractivity contribution < 1.29 is 4.74 Å². The minimum Gasteiger partial charge on any atom is -0.481 e. The van der Waals surface area contributed by atoms with Crippen LogP contribution in [-0.2, 0) is 20.1 Å². The average Bonchev–Trinajstić information content (AvgIpc) is 2.95. The van der Waals surface area contributed by atoms with Crippen molar-refractivity contribution in [2.45, 2.75) is 59.7 Å². The van der Waals surface area contributed by atoms with Gasteiger partial charge in [0.2, 0.25) is 5.88 Å². The lowest BCUT2D eigenvalue weighted by Gasteiger charge is -2.16. The normalized spacial score (nSPS) is 12.9. The van der Waals surface area contributed by atoms with Gasteiger partial charge in [-0.2, -0.15) is 10.2 Å². The lowest BCUT2D eigenvalue weighted by Crippen LogP contribution is -2.31. The Labute approximate surface area is 138 Å². The number of nitrogens with one attached hydrogen (secondary N) is 1. The fourth-order valence-electron chi connectivity index (χ4n) is 2.92. The number of hydrogen-bond donors (Lipinski definition) is 1. The first-order valence-corrected chi connectivity index (χ1v) is 8.17. The van der Waals surface area contributed by atoms with Gasteiger partial charge in [-0.15, -0.1) is 0 Å². The topological polar surface area (TPSA) is 56.9 Å². The van der Waals surface area contributed by atoms with Crippen LogP contribution in [0.2, 0.25) is 0 Å². The molecule has 0 saturated heterocycles. The summed E-state index contributed by atoms with van der Waals surface area (Å²) in [6, 6.07) is 2.41. The Morgan fingerprint density at radius 1 is 1.22 bits per heavy atom. The first-order chi connectivity index (χ1) is 10.8. The highest BCUT2D eigenvalue weighted by molar-refractivity contribution is 5.33. The molecule has 0 aliphatic heterocycles. The summed E-state index contributed by atoms with van der Waals surface area (Å²) in [5.74, 6) is 1.20. The Balaban J connectivity index is 2.06. The minimum absolute atomic E-state index is 0.304. The van der Waals surface area contributed by atoms with Crippen LogP contribution in [0.15, 0.2) is 6.07 Å². The number of hydrogen-bond acceptors (Lipinski definition) is 4. The molecule has 0 fully saturated rings. The molecule has 0 aromatic carbocycles. The Bertz CT molecular complexity index is 656. The van der Waals surface area contributed by atoms with Crippen molar-refractivity contribution in [3.05, 3.63) is 28.7 Å². The van der Waals surface area contributed by atoms with E-state index in [1.807, 2.05) is 18.7 Å². The lowest BCUT2D eigenvalue weighted by atomic mass is 10.1. The molecule has 0 bridgehead atoms. The quantitative estimate of drug-likeness (QED) is 0.852. The van der Waals surface area contributed by atoms with Gasteiger partial charge in [0.1, 0.15) is 0 Å². The van der Waals surface area contributed by atoms with Gasteiger partial charge in [-0.25, -0.2) is 4.68 Å². The molecule has 6 nitrogen and oxygen atoms in total. The van der Waals surface area contributed by atoms with E-state index in [-0.39, 0.29) is 0 Å². The molecule has 0 aliphatic rings. The van der Waals surface area contributed by atoms with Crippen LogP contribution in [0, 0.1) is 13.8 Å². The molecule has 0 saturated carbocycles. The van der Waals surface area contributed by atoms with E-state index in [0.29, 0.717) is 12.0 Å². The molecule has 6 heteroatoms. The second-order valence-electron chi connectivity index (χ2n) is 6.54. The van der Waals surface area contributed by atoms with Crippen LogP contribution >= 0.6 is 0 Å². The van der Waals surface area contributed by atoms with Crippen LogP contribution < -0.4 is 10.1 Å². The van der Waals surface area contributed by atoms with Crippen LogP contribution in [-0.4, -0.2) is 32.7 Å². The zero-order valence-corrected chi connectivity index (χ0v) is 15.3. The predicted octanol–water partition coefficient (Wildman–Crippen LogP) is 2.54. The summed E-state index contributed by atoms with van der Waals surface area (Å²) in [5.41, 5.74) is 4.49. The molecule has 128 valence electrons. The summed E-state index contributed by atoms with van der Waals surface area (Å²) in [5, 5.41) is 12.7. The standard InChI is InChI=1S/C17H29N5O/c1-11(2)16-15(17(23-7)21(6)20-16)9-18-13(4)10-22-14(5)8-12(3)19-22/h8,11,13,18H,9-10H2,1-7H3/t13-/m0/s1. The molecule has 1 N–H and O–H groups in total. The molecule has 2 aromatic rings. The van der Waals surface area contributed by atoms with Gasteiger partial charge in [0, 0.05) is 25.3 Å². The van der Waals surface area contributed by atoms with Crippen molar-refractivity contribution in [3.8, 4) is 5.88 Å². The lowest BCUT2D eigenvalue weighted by molar-refractivity contribution is 0.365. The smallest absolute Gasteiger partial charge is 0.216 e. The summed E-state index contributed by atoms with van der Waals surface area (Å²) in [7, 11) is 3.62. The SMILES string of the molecule is COc1c(CN[C@@H](C)Cn2nc(C)cc2C)c(C(C)C)nn1C. The number of aromatic nitrogens is 4. The second kappa shape index (κ2) is 7.17. The van der Waals surface area contributed by atoms with Gasteiger partial charge in [0.15, 0.2) is 0 Å². The second-order valence-corrected chi connectivity index (χ2v) is 6.54. The first-order valence-electron chi connectivity index (χ1n) is 8.17. The molecule has 0 radical (unpaired) electrons. The number of ether oxygens (including phenoxy) is 1. The molecule has 2 heterocycles. The Kier molecular flexibility index (Phi) is 5.46. The molecule has 2 aromatic heterocycles. The molecule has 0 amide bonds. The summed E-state index contributed by atoms with van der Waals surface area (Å²) >= 11 is 0. The molecule has 1 atom stereocenters. The van der Waals surface area contributed by atoms with E-state index in [9.17, 15) is 0 Å². The van der Waals surface area contributed by atoms with Crippen molar-refractivity contribution in [2.24, 2.45) is 7.05 Å². The highest BCUT2D eigenvalue weighted by Crippen LogP contribution is 2.26. The van der Waals surface area contributed by atoms with Crippen LogP contribution in [0.25, 0.3) is 0 Å². The zero-order chi connectivity index (χ0) is 17.1. The van der Waals surface area contributed by atoms with E-state index in [1.165, 1.54) is 5.69 Å². The zero-order valence-electron chi connectivity index (χ0n) is 15.3. The number of aryl methyl sites for hydroxylation is 3. The molecule has 0 unspecified atom stereocenters. The Morgan fingerprint density at radius 3 is 2.43 bits per heavy atom. The van der Waals surface area contributed by atoms with Gasteiger partial charge in [0.05, 0.1) is 30.6 Å². The van der Waals surface area contributed by atoms with Gasteiger partial charge < -0.3 is 10.1 Å². The molecular weight excluding hydrogens is 290 g/mol. The number of nitrogens with zero attached hydrogens (tertiary/aromatic N) is 4. The van der Waals surface area contributed by atoms with E-state index in [4.69, 9.17) is 4.74 Å².